The van der Waals surface area contributed by atoms with E-state index in [4.69, 9.17) is 9.53 Å². The van der Waals surface area contributed by atoms with Crippen molar-refractivity contribution in [2.45, 2.75) is 25.7 Å². The summed E-state index contributed by atoms with van der Waals surface area (Å²) in [4.78, 5) is 8.00. The van der Waals surface area contributed by atoms with Gasteiger partial charge in [0.05, 0.1) is 6.61 Å². The van der Waals surface area contributed by atoms with Crippen molar-refractivity contribution in [1.29, 1.82) is 0 Å². The van der Waals surface area contributed by atoms with Gasteiger partial charge in [-0.25, -0.2) is 0 Å². The molecular formula is C14H21NO2. The maximum absolute atomic E-state index is 8.00. The second kappa shape index (κ2) is 7.85. The van der Waals surface area contributed by atoms with Crippen molar-refractivity contribution >= 4 is 6.79 Å². The second-order valence-electron chi connectivity index (χ2n) is 4.03. The van der Waals surface area contributed by atoms with Crippen molar-refractivity contribution in [1.82, 2.24) is 5.32 Å². The molecule has 3 nitrogen and oxygen atoms in total. The Labute approximate surface area is 103 Å². The van der Waals surface area contributed by atoms with Crippen LogP contribution < -0.4 is 10.1 Å². The monoisotopic (exact) mass is 235 g/mol. The lowest BCUT2D eigenvalue weighted by atomic mass is 9.90. The van der Waals surface area contributed by atoms with Gasteiger partial charge in [-0.1, -0.05) is 12.1 Å². The number of carbonyl (C=O) groups excluding carboxylic acids is 1. The maximum atomic E-state index is 8.00. The first-order valence-corrected chi connectivity index (χ1v) is 6.12. The Morgan fingerprint density at radius 1 is 1.24 bits per heavy atom. The van der Waals surface area contributed by atoms with E-state index >= 15 is 0 Å². The molecule has 1 aromatic rings. The van der Waals surface area contributed by atoms with E-state index in [1.54, 1.807) is 0 Å². The summed E-state index contributed by atoms with van der Waals surface area (Å²) in [6, 6.07) is 8.59. The fraction of sp³-hybridized carbons (Fsp3) is 0.500. The van der Waals surface area contributed by atoms with Crippen LogP contribution in [0.15, 0.2) is 24.3 Å². The van der Waals surface area contributed by atoms with Crippen LogP contribution in [0.3, 0.4) is 0 Å². The van der Waals surface area contributed by atoms with Crippen LogP contribution >= 0.6 is 0 Å². The van der Waals surface area contributed by atoms with Gasteiger partial charge in [-0.05, 0) is 56.5 Å². The second-order valence-corrected chi connectivity index (χ2v) is 4.03. The molecule has 0 aliphatic carbocycles. The molecule has 0 aromatic heterocycles. The minimum atomic E-state index is 0.738. The molecule has 17 heavy (non-hydrogen) atoms. The van der Waals surface area contributed by atoms with Gasteiger partial charge in [0.1, 0.15) is 12.5 Å². The summed E-state index contributed by atoms with van der Waals surface area (Å²) in [6.07, 6.45) is 2.52. The zero-order valence-corrected chi connectivity index (χ0v) is 10.4. The standard InChI is InChI=1S/C13H19NO.CH2O/c1-2-15-13-5-3-11(4-6-13)12-7-9-14-10-8-12;1-2/h3-6,12,14H,2,7-10H2,1H3;1H2. The van der Waals surface area contributed by atoms with Crippen molar-refractivity contribution in [2.75, 3.05) is 19.7 Å². The highest BCUT2D eigenvalue weighted by Gasteiger charge is 2.14. The van der Waals surface area contributed by atoms with Crippen molar-refractivity contribution < 1.29 is 9.53 Å². The molecule has 1 fully saturated rings. The largest absolute Gasteiger partial charge is 0.494 e. The molecule has 0 amide bonds. The predicted octanol–water partition coefficient (Wildman–Crippen LogP) is 2.37. The molecule has 1 aliphatic heterocycles. The molecule has 1 aromatic carbocycles. The summed E-state index contributed by atoms with van der Waals surface area (Å²) < 4.78 is 5.44. The van der Waals surface area contributed by atoms with E-state index in [0.29, 0.717) is 0 Å². The summed E-state index contributed by atoms with van der Waals surface area (Å²) in [5.41, 5.74) is 1.46. The van der Waals surface area contributed by atoms with Gasteiger partial charge in [0.15, 0.2) is 0 Å². The molecule has 1 heterocycles. The molecule has 1 N–H and O–H groups in total. The van der Waals surface area contributed by atoms with E-state index in [2.05, 4.69) is 29.6 Å². The Bertz CT molecular complexity index is 305. The van der Waals surface area contributed by atoms with Crippen molar-refractivity contribution in [3.05, 3.63) is 29.8 Å². The van der Waals surface area contributed by atoms with E-state index in [-0.39, 0.29) is 0 Å². The van der Waals surface area contributed by atoms with Gasteiger partial charge >= 0.3 is 0 Å². The third-order valence-electron chi connectivity index (χ3n) is 3.00. The molecule has 1 aliphatic rings. The third kappa shape index (κ3) is 4.19. The number of carbonyl (C=O) groups is 1. The topological polar surface area (TPSA) is 38.3 Å². The Morgan fingerprint density at radius 3 is 2.35 bits per heavy atom. The molecule has 2 rings (SSSR count). The lowest BCUT2D eigenvalue weighted by molar-refractivity contribution is -0.0979. The Hall–Kier alpha value is -1.35. The van der Waals surface area contributed by atoms with E-state index in [9.17, 15) is 0 Å². The van der Waals surface area contributed by atoms with Crippen LogP contribution in [0.4, 0.5) is 0 Å². The highest BCUT2D eigenvalue weighted by atomic mass is 16.5. The molecule has 0 unspecified atom stereocenters. The van der Waals surface area contributed by atoms with Crippen molar-refractivity contribution in [3.8, 4) is 5.75 Å². The van der Waals surface area contributed by atoms with Crippen LogP contribution in [0.5, 0.6) is 5.75 Å². The van der Waals surface area contributed by atoms with Crippen LogP contribution in [0.1, 0.15) is 31.2 Å². The number of hydrogen-bond donors (Lipinski definition) is 1. The molecule has 0 atom stereocenters. The average Bonchev–Trinajstić information content (AvgIpc) is 2.43. The average molecular weight is 235 g/mol. The van der Waals surface area contributed by atoms with Crippen LogP contribution in [0.25, 0.3) is 0 Å². The van der Waals surface area contributed by atoms with Gasteiger partial charge in [0.25, 0.3) is 0 Å². The highest BCUT2D eigenvalue weighted by Crippen LogP contribution is 2.26. The first kappa shape index (κ1) is 13.7. The van der Waals surface area contributed by atoms with Crippen molar-refractivity contribution in [3.63, 3.8) is 0 Å². The Morgan fingerprint density at radius 2 is 1.82 bits per heavy atom. The third-order valence-corrected chi connectivity index (χ3v) is 3.00. The first-order valence-electron chi connectivity index (χ1n) is 6.12. The summed E-state index contributed by atoms with van der Waals surface area (Å²) in [5, 5.41) is 3.39. The van der Waals surface area contributed by atoms with Gasteiger partial charge in [-0.15, -0.1) is 0 Å². The molecular weight excluding hydrogens is 214 g/mol. The number of nitrogens with one attached hydrogen (secondary N) is 1. The molecule has 0 spiro atoms. The lowest BCUT2D eigenvalue weighted by Gasteiger charge is -2.23. The summed E-state index contributed by atoms with van der Waals surface area (Å²) in [6.45, 7) is 7.06. The number of hydrogen-bond acceptors (Lipinski definition) is 3. The molecule has 94 valence electrons. The predicted molar refractivity (Wildman–Crippen MR) is 69.6 cm³/mol. The van der Waals surface area contributed by atoms with Gasteiger partial charge < -0.3 is 14.8 Å². The Balaban J connectivity index is 0.000000686. The first-order chi connectivity index (χ1) is 8.40. The van der Waals surface area contributed by atoms with Gasteiger partial charge in [0, 0.05) is 0 Å². The molecule has 0 bridgehead atoms. The number of piperidine rings is 1. The summed E-state index contributed by atoms with van der Waals surface area (Å²) in [7, 11) is 0. The lowest BCUT2D eigenvalue weighted by Crippen LogP contribution is -2.26. The van der Waals surface area contributed by atoms with Crippen LogP contribution in [-0.2, 0) is 4.79 Å². The van der Waals surface area contributed by atoms with Gasteiger partial charge in [-0.2, -0.15) is 0 Å². The SMILES string of the molecule is C=O.CCOc1ccc(C2CCNCC2)cc1. The van der Waals surface area contributed by atoms with Crippen LogP contribution in [-0.4, -0.2) is 26.5 Å². The normalized spacial score (nSPS) is 15.8. The van der Waals surface area contributed by atoms with Gasteiger partial charge in [-0.3, -0.25) is 0 Å². The highest BCUT2D eigenvalue weighted by molar-refractivity contribution is 5.29. The summed E-state index contributed by atoms with van der Waals surface area (Å²) in [5.74, 6) is 1.72. The van der Waals surface area contributed by atoms with Crippen LogP contribution in [0.2, 0.25) is 0 Å². The van der Waals surface area contributed by atoms with E-state index in [1.807, 2.05) is 13.7 Å². The van der Waals surface area contributed by atoms with E-state index in [0.717, 1.165) is 31.4 Å². The van der Waals surface area contributed by atoms with Gasteiger partial charge in [0.2, 0.25) is 0 Å². The van der Waals surface area contributed by atoms with E-state index < -0.39 is 0 Å². The quantitative estimate of drug-likeness (QED) is 0.874. The fourth-order valence-electron chi connectivity index (χ4n) is 2.16. The molecule has 3 heteroatoms. The molecule has 0 radical (unpaired) electrons. The molecule has 1 saturated heterocycles. The zero-order chi connectivity index (χ0) is 12.5. The minimum absolute atomic E-state index is 0.738. The Kier molecular flexibility index (Phi) is 6.33. The zero-order valence-electron chi connectivity index (χ0n) is 10.4. The fourth-order valence-corrected chi connectivity index (χ4v) is 2.16. The van der Waals surface area contributed by atoms with Crippen LogP contribution in [0, 0.1) is 0 Å². The van der Waals surface area contributed by atoms with E-state index in [1.165, 1.54) is 18.4 Å². The number of rotatable bonds is 3. The minimum Gasteiger partial charge on any atom is -0.494 e. The number of ether oxygens (including phenoxy) is 1. The molecule has 0 saturated carbocycles. The van der Waals surface area contributed by atoms with Crippen molar-refractivity contribution in [2.24, 2.45) is 0 Å². The smallest absolute Gasteiger partial charge is 0.119 e. The maximum Gasteiger partial charge on any atom is 0.119 e. The number of benzene rings is 1. The summed E-state index contributed by atoms with van der Waals surface area (Å²) >= 11 is 0.